The Labute approximate surface area is 111 Å². The smallest absolute Gasteiger partial charge is 0.224 e. The number of halogens is 2. The minimum absolute atomic E-state index is 0.0211. The Morgan fingerprint density at radius 3 is 2.95 bits per heavy atom. The van der Waals surface area contributed by atoms with Gasteiger partial charge in [-0.2, -0.15) is 0 Å². The number of amides is 1. The summed E-state index contributed by atoms with van der Waals surface area (Å²) in [4.78, 5) is 11.9. The first-order valence-corrected chi connectivity index (χ1v) is 6.48. The van der Waals surface area contributed by atoms with Crippen LogP contribution in [0.25, 0.3) is 0 Å². The van der Waals surface area contributed by atoms with Gasteiger partial charge in [0.15, 0.2) is 0 Å². The van der Waals surface area contributed by atoms with Gasteiger partial charge < -0.3 is 10.6 Å². The molecule has 2 rings (SSSR count). The van der Waals surface area contributed by atoms with Gasteiger partial charge in [-0.25, -0.2) is 8.78 Å². The quantitative estimate of drug-likeness (QED) is 0.878. The number of piperidine rings is 1. The first kappa shape index (κ1) is 13.9. The van der Waals surface area contributed by atoms with Crippen molar-refractivity contribution in [1.82, 2.24) is 10.6 Å². The number of hydrogen-bond acceptors (Lipinski definition) is 2. The van der Waals surface area contributed by atoms with E-state index in [0.29, 0.717) is 12.5 Å². The molecule has 1 aliphatic rings. The molecule has 0 spiro atoms. The number of hydrogen-bond donors (Lipinski definition) is 2. The third-order valence-electron chi connectivity index (χ3n) is 3.40. The summed E-state index contributed by atoms with van der Waals surface area (Å²) in [5.74, 6) is -0.756. The van der Waals surface area contributed by atoms with Gasteiger partial charge in [-0.3, -0.25) is 4.79 Å². The largest absolute Gasteiger partial charge is 0.352 e. The fraction of sp³-hybridized carbons (Fsp3) is 0.500. The van der Waals surface area contributed by atoms with E-state index in [0.717, 1.165) is 31.2 Å². The van der Waals surface area contributed by atoms with Crippen LogP contribution in [0.3, 0.4) is 0 Å². The second-order valence-electron chi connectivity index (χ2n) is 5.15. The molecule has 1 amide bonds. The van der Waals surface area contributed by atoms with Crippen LogP contribution in [-0.4, -0.2) is 19.0 Å². The molecule has 1 aromatic carbocycles. The predicted molar refractivity (Wildman–Crippen MR) is 68.3 cm³/mol. The summed E-state index contributed by atoms with van der Waals surface area (Å²) in [5.41, 5.74) is 0.171. The molecule has 0 aromatic heterocycles. The van der Waals surface area contributed by atoms with E-state index in [9.17, 15) is 13.6 Å². The molecular weight excluding hydrogens is 250 g/mol. The first-order valence-electron chi connectivity index (χ1n) is 6.48. The molecule has 2 atom stereocenters. The van der Waals surface area contributed by atoms with E-state index >= 15 is 0 Å². The van der Waals surface area contributed by atoms with Crippen molar-refractivity contribution >= 4 is 5.91 Å². The number of nitrogens with one attached hydrogen (secondary N) is 2. The zero-order chi connectivity index (χ0) is 13.8. The number of rotatable bonds is 3. The molecule has 1 aromatic rings. The van der Waals surface area contributed by atoms with Crippen LogP contribution in [0.15, 0.2) is 18.2 Å². The molecule has 1 heterocycles. The second-order valence-corrected chi connectivity index (χ2v) is 5.15. The molecule has 0 radical (unpaired) electrons. The summed E-state index contributed by atoms with van der Waals surface area (Å²) in [5, 5.41) is 5.86. The topological polar surface area (TPSA) is 41.1 Å². The van der Waals surface area contributed by atoms with Crippen LogP contribution >= 0.6 is 0 Å². The van der Waals surface area contributed by atoms with Crippen LogP contribution in [0.1, 0.15) is 18.9 Å². The third-order valence-corrected chi connectivity index (χ3v) is 3.40. The standard InChI is InChI=1S/C14H18F2N2O/c1-9-4-11(7-17-6-9)14(19)18-8-10-5-12(15)2-3-13(10)16/h2-3,5,9,11,17H,4,6-8H2,1H3,(H,18,19). The van der Waals surface area contributed by atoms with Crippen molar-refractivity contribution in [1.29, 1.82) is 0 Å². The van der Waals surface area contributed by atoms with Crippen molar-refractivity contribution in [2.75, 3.05) is 13.1 Å². The minimum atomic E-state index is -0.503. The molecule has 2 N–H and O–H groups in total. The lowest BCUT2D eigenvalue weighted by molar-refractivity contribution is -0.126. The molecule has 104 valence electrons. The highest BCUT2D eigenvalue weighted by molar-refractivity contribution is 5.79. The SMILES string of the molecule is CC1CNCC(C(=O)NCc2cc(F)ccc2F)C1. The molecule has 0 bridgehead atoms. The van der Waals surface area contributed by atoms with Crippen molar-refractivity contribution < 1.29 is 13.6 Å². The van der Waals surface area contributed by atoms with Crippen LogP contribution in [0.5, 0.6) is 0 Å². The highest BCUT2D eigenvalue weighted by Crippen LogP contribution is 2.16. The Morgan fingerprint density at radius 1 is 1.42 bits per heavy atom. The fourth-order valence-corrected chi connectivity index (χ4v) is 2.36. The van der Waals surface area contributed by atoms with E-state index in [-0.39, 0.29) is 23.9 Å². The molecule has 1 saturated heterocycles. The normalized spacial score (nSPS) is 23.1. The van der Waals surface area contributed by atoms with Crippen LogP contribution in [0, 0.1) is 23.5 Å². The highest BCUT2D eigenvalue weighted by Gasteiger charge is 2.24. The number of carbonyl (C=O) groups excluding carboxylic acids is 1. The summed E-state index contributed by atoms with van der Waals surface area (Å²) in [7, 11) is 0. The van der Waals surface area contributed by atoms with E-state index in [1.165, 1.54) is 0 Å². The maximum Gasteiger partial charge on any atom is 0.224 e. The summed E-state index contributed by atoms with van der Waals surface area (Å²) in [6.07, 6.45) is 0.824. The van der Waals surface area contributed by atoms with Crippen LogP contribution in [-0.2, 0) is 11.3 Å². The molecule has 19 heavy (non-hydrogen) atoms. The molecule has 2 unspecified atom stereocenters. The summed E-state index contributed by atoms with van der Waals surface area (Å²) in [6, 6.07) is 3.24. The second kappa shape index (κ2) is 6.10. The van der Waals surface area contributed by atoms with Gasteiger partial charge in [-0.1, -0.05) is 6.92 Å². The molecule has 1 aliphatic heterocycles. The van der Waals surface area contributed by atoms with Gasteiger partial charge in [-0.05, 0) is 37.1 Å². The summed E-state index contributed by atoms with van der Waals surface area (Å²) < 4.78 is 26.4. The van der Waals surface area contributed by atoms with Crippen molar-refractivity contribution in [3.63, 3.8) is 0 Å². The molecule has 0 saturated carbocycles. The first-order chi connectivity index (χ1) is 9.06. The molecule has 5 heteroatoms. The fourth-order valence-electron chi connectivity index (χ4n) is 2.36. The predicted octanol–water partition coefficient (Wildman–Crippen LogP) is 1.83. The summed E-state index contributed by atoms with van der Waals surface area (Å²) >= 11 is 0. The Bertz CT molecular complexity index is 465. The zero-order valence-corrected chi connectivity index (χ0v) is 10.9. The molecule has 0 aliphatic carbocycles. The third kappa shape index (κ3) is 3.73. The van der Waals surface area contributed by atoms with Gasteiger partial charge in [0.05, 0.1) is 5.92 Å². The monoisotopic (exact) mass is 268 g/mol. The van der Waals surface area contributed by atoms with Crippen molar-refractivity contribution in [3.05, 3.63) is 35.4 Å². The van der Waals surface area contributed by atoms with E-state index in [1.807, 2.05) is 0 Å². The lowest BCUT2D eigenvalue weighted by Crippen LogP contribution is -2.43. The van der Waals surface area contributed by atoms with Gasteiger partial charge in [0, 0.05) is 18.7 Å². The molecular formula is C14H18F2N2O. The zero-order valence-electron chi connectivity index (χ0n) is 10.9. The average Bonchev–Trinajstić information content (AvgIpc) is 2.39. The maximum absolute atomic E-state index is 13.4. The van der Waals surface area contributed by atoms with Gasteiger partial charge in [0.2, 0.25) is 5.91 Å². The van der Waals surface area contributed by atoms with Crippen LogP contribution < -0.4 is 10.6 Å². The van der Waals surface area contributed by atoms with E-state index in [1.54, 1.807) is 0 Å². The van der Waals surface area contributed by atoms with Crippen LogP contribution in [0.4, 0.5) is 8.78 Å². The van der Waals surface area contributed by atoms with Gasteiger partial charge >= 0.3 is 0 Å². The molecule has 3 nitrogen and oxygen atoms in total. The lowest BCUT2D eigenvalue weighted by atomic mass is 9.91. The number of benzene rings is 1. The Hall–Kier alpha value is -1.49. The van der Waals surface area contributed by atoms with E-state index in [2.05, 4.69) is 17.6 Å². The van der Waals surface area contributed by atoms with Crippen LogP contribution in [0.2, 0.25) is 0 Å². The summed E-state index contributed by atoms with van der Waals surface area (Å²) in [6.45, 7) is 3.66. The number of carbonyl (C=O) groups is 1. The van der Waals surface area contributed by atoms with Gasteiger partial charge in [0.25, 0.3) is 0 Å². The Morgan fingerprint density at radius 2 is 2.21 bits per heavy atom. The van der Waals surface area contributed by atoms with Crippen molar-refractivity contribution in [2.24, 2.45) is 11.8 Å². The van der Waals surface area contributed by atoms with Crippen molar-refractivity contribution in [3.8, 4) is 0 Å². The highest BCUT2D eigenvalue weighted by atomic mass is 19.1. The average molecular weight is 268 g/mol. The van der Waals surface area contributed by atoms with E-state index in [4.69, 9.17) is 0 Å². The Balaban J connectivity index is 1.91. The Kier molecular flexibility index (Phi) is 4.47. The maximum atomic E-state index is 13.4. The lowest BCUT2D eigenvalue weighted by Gasteiger charge is -2.26. The van der Waals surface area contributed by atoms with Gasteiger partial charge in [-0.15, -0.1) is 0 Å². The van der Waals surface area contributed by atoms with Crippen molar-refractivity contribution in [2.45, 2.75) is 19.9 Å². The minimum Gasteiger partial charge on any atom is -0.352 e. The van der Waals surface area contributed by atoms with Gasteiger partial charge in [0.1, 0.15) is 11.6 Å². The van der Waals surface area contributed by atoms with E-state index < -0.39 is 11.6 Å². The molecule has 1 fully saturated rings.